The van der Waals surface area contributed by atoms with E-state index in [9.17, 15) is 9.50 Å². The van der Waals surface area contributed by atoms with E-state index in [1.165, 1.54) is 26.4 Å². The number of methoxy groups -OCH3 is 2. The summed E-state index contributed by atoms with van der Waals surface area (Å²) in [4.78, 5) is 0. The van der Waals surface area contributed by atoms with Crippen LogP contribution in [-0.2, 0) is 11.3 Å². The van der Waals surface area contributed by atoms with Gasteiger partial charge < -0.3 is 14.6 Å². The molecule has 1 atom stereocenters. The molecule has 0 bridgehead atoms. The van der Waals surface area contributed by atoms with E-state index in [2.05, 4.69) is 0 Å². The van der Waals surface area contributed by atoms with E-state index >= 15 is 0 Å². The second kappa shape index (κ2) is 5.09. The molecule has 1 aromatic rings. The Morgan fingerprint density at radius 1 is 1.40 bits per heavy atom. The van der Waals surface area contributed by atoms with Crippen LogP contribution >= 0.6 is 0 Å². The largest absolute Gasteiger partial charge is 0.496 e. The molecule has 0 radical (unpaired) electrons. The molecule has 15 heavy (non-hydrogen) atoms. The molecule has 0 saturated carbocycles. The lowest BCUT2D eigenvalue weighted by atomic mass is 10.0. The number of ether oxygens (including phenoxy) is 2. The molecule has 1 N–H and O–H groups in total. The van der Waals surface area contributed by atoms with Gasteiger partial charge in [-0.3, -0.25) is 0 Å². The average Bonchev–Trinajstić information content (AvgIpc) is 2.20. The third kappa shape index (κ3) is 2.46. The van der Waals surface area contributed by atoms with Crippen LogP contribution in [0.4, 0.5) is 4.39 Å². The maximum absolute atomic E-state index is 13.4. The second-order valence-corrected chi connectivity index (χ2v) is 3.26. The van der Waals surface area contributed by atoms with Crippen LogP contribution in [0.2, 0.25) is 0 Å². The minimum Gasteiger partial charge on any atom is -0.496 e. The lowest BCUT2D eigenvalue weighted by Gasteiger charge is -2.15. The highest BCUT2D eigenvalue weighted by atomic mass is 19.1. The van der Waals surface area contributed by atoms with Gasteiger partial charge in [-0.05, 0) is 19.1 Å². The van der Waals surface area contributed by atoms with Crippen molar-refractivity contribution >= 4 is 0 Å². The topological polar surface area (TPSA) is 38.7 Å². The summed E-state index contributed by atoms with van der Waals surface area (Å²) in [7, 11) is 2.92. The zero-order chi connectivity index (χ0) is 11.4. The fourth-order valence-corrected chi connectivity index (χ4v) is 1.47. The van der Waals surface area contributed by atoms with Gasteiger partial charge in [-0.25, -0.2) is 4.39 Å². The third-order valence-corrected chi connectivity index (χ3v) is 2.18. The highest BCUT2D eigenvalue weighted by molar-refractivity contribution is 5.43. The highest BCUT2D eigenvalue weighted by Gasteiger charge is 2.16. The highest BCUT2D eigenvalue weighted by Crippen LogP contribution is 2.31. The Morgan fingerprint density at radius 3 is 2.53 bits per heavy atom. The summed E-state index contributed by atoms with van der Waals surface area (Å²) in [6.45, 7) is 1.72. The van der Waals surface area contributed by atoms with Gasteiger partial charge in [0.1, 0.15) is 11.6 Å². The first kappa shape index (κ1) is 11.9. The van der Waals surface area contributed by atoms with Gasteiger partial charge in [-0.1, -0.05) is 0 Å². The van der Waals surface area contributed by atoms with Crippen molar-refractivity contribution in [3.05, 3.63) is 29.1 Å². The van der Waals surface area contributed by atoms with Gasteiger partial charge in [0.2, 0.25) is 0 Å². The molecule has 0 aliphatic carbocycles. The smallest absolute Gasteiger partial charge is 0.133 e. The monoisotopic (exact) mass is 214 g/mol. The van der Waals surface area contributed by atoms with E-state index in [-0.39, 0.29) is 6.61 Å². The van der Waals surface area contributed by atoms with Gasteiger partial charge >= 0.3 is 0 Å². The molecule has 0 aliphatic heterocycles. The van der Waals surface area contributed by atoms with Crippen LogP contribution in [0.15, 0.2) is 12.1 Å². The SMILES string of the molecule is COCc1c(F)ccc(C(C)O)c1OC. The Balaban J connectivity index is 3.26. The van der Waals surface area contributed by atoms with E-state index in [0.717, 1.165) is 0 Å². The summed E-state index contributed by atoms with van der Waals surface area (Å²) >= 11 is 0. The fraction of sp³-hybridized carbons (Fsp3) is 0.455. The predicted octanol–water partition coefficient (Wildman–Crippen LogP) is 2.03. The number of aliphatic hydroxyl groups is 1. The summed E-state index contributed by atoms with van der Waals surface area (Å²) in [5.41, 5.74) is 0.893. The quantitative estimate of drug-likeness (QED) is 0.833. The van der Waals surface area contributed by atoms with Crippen molar-refractivity contribution in [1.82, 2.24) is 0 Å². The van der Waals surface area contributed by atoms with Gasteiger partial charge in [0, 0.05) is 12.7 Å². The zero-order valence-corrected chi connectivity index (χ0v) is 9.08. The molecule has 0 aliphatic rings. The first-order valence-electron chi connectivity index (χ1n) is 4.64. The summed E-state index contributed by atoms with van der Waals surface area (Å²) in [5.74, 6) is -0.0371. The van der Waals surface area contributed by atoms with Crippen LogP contribution < -0.4 is 4.74 Å². The molecule has 1 unspecified atom stereocenters. The first-order chi connectivity index (χ1) is 7.11. The summed E-state index contributed by atoms with van der Waals surface area (Å²) < 4.78 is 23.4. The van der Waals surface area contributed by atoms with Crippen LogP contribution in [-0.4, -0.2) is 19.3 Å². The molecule has 0 amide bonds. The number of aliphatic hydroxyl groups excluding tert-OH is 1. The lowest BCUT2D eigenvalue weighted by Crippen LogP contribution is -2.04. The third-order valence-electron chi connectivity index (χ3n) is 2.18. The molecule has 1 rings (SSSR count). The maximum Gasteiger partial charge on any atom is 0.133 e. The molecule has 4 heteroatoms. The van der Waals surface area contributed by atoms with E-state index in [1.54, 1.807) is 6.92 Å². The maximum atomic E-state index is 13.4. The van der Waals surface area contributed by atoms with Crippen LogP contribution in [0, 0.1) is 5.82 Å². The van der Waals surface area contributed by atoms with E-state index in [4.69, 9.17) is 9.47 Å². The van der Waals surface area contributed by atoms with Crippen LogP contribution in [0.5, 0.6) is 5.75 Å². The second-order valence-electron chi connectivity index (χ2n) is 3.26. The molecule has 0 saturated heterocycles. The Bertz CT molecular complexity index is 337. The molecular formula is C11H15FO3. The van der Waals surface area contributed by atoms with Crippen molar-refractivity contribution in [3.63, 3.8) is 0 Å². The molecular weight excluding hydrogens is 199 g/mol. The minimum absolute atomic E-state index is 0.121. The molecule has 0 spiro atoms. The normalized spacial score (nSPS) is 12.6. The number of hydrogen-bond acceptors (Lipinski definition) is 3. The molecule has 0 heterocycles. The number of halogens is 1. The fourth-order valence-electron chi connectivity index (χ4n) is 1.47. The van der Waals surface area contributed by atoms with E-state index in [0.29, 0.717) is 16.9 Å². The summed E-state index contributed by atoms with van der Waals surface area (Å²) in [6.07, 6.45) is -0.698. The number of rotatable bonds is 4. The Morgan fingerprint density at radius 2 is 2.07 bits per heavy atom. The van der Waals surface area contributed by atoms with Crippen molar-refractivity contribution in [2.75, 3.05) is 14.2 Å². The van der Waals surface area contributed by atoms with Crippen molar-refractivity contribution in [2.24, 2.45) is 0 Å². The summed E-state index contributed by atoms with van der Waals surface area (Å²) in [5, 5.41) is 9.48. The van der Waals surface area contributed by atoms with Crippen LogP contribution in [0.1, 0.15) is 24.2 Å². The van der Waals surface area contributed by atoms with E-state index in [1.807, 2.05) is 0 Å². The van der Waals surface area contributed by atoms with Crippen molar-refractivity contribution in [3.8, 4) is 5.75 Å². The Labute approximate surface area is 88.4 Å². The zero-order valence-electron chi connectivity index (χ0n) is 9.08. The standard InChI is InChI=1S/C11H15FO3/c1-7(13)8-4-5-10(12)9(6-14-2)11(8)15-3/h4-5,7,13H,6H2,1-3H3. The van der Waals surface area contributed by atoms with Crippen molar-refractivity contribution in [1.29, 1.82) is 0 Å². The average molecular weight is 214 g/mol. The van der Waals surface area contributed by atoms with E-state index < -0.39 is 11.9 Å². The van der Waals surface area contributed by atoms with Crippen LogP contribution in [0.25, 0.3) is 0 Å². The molecule has 84 valence electrons. The van der Waals surface area contributed by atoms with Gasteiger partial charge in [-0.15, -0.1) is 0 Å². The molecule has 1 aromatic carbocycles. The predicted molar refractivity (Wildman–Crippen MR) is 54.3 cm³/mol. The summed E-state index contributed by atoms with van der Waals surface area (Å²) in [6, 6.07) is 2.82. The Hall–Kier alpha value is -1.13. The first-order valence-corrected chi connectivity index (χ1v) is 4.64. The van der Waals surface area contributed by atoms with Crippen molar-refractivity contribution < 1.29 is 19.0 Å². The van der Waals surface area contributed by atoms with Gasteiger partial charge in [0.05, 0.1) is 25.4 Å². The lowest BCUT2D eigenvalue weighted by molar-refractivity contribution is 0.173. The molecule has 3 nitrogen and oxygen atoms in total. The molecule has 0 aromatic heterocycles. The minimum atomic E-state index is -0.698. The molecule has 0 fully saturated rings. The number of hydrogen-bond donors (Lipinski definition) is 1. The number of benzene rings is 1. The van der Waals surface area contributed by atoms with Crippen LogP contribution in [0.3, 0.4) is 0 Å². The van der Waals surface area contributed by atoms with Gasteiger partial charge in [-0.2, -0.15) is 0 Å². The van der Waals surface area contributed by atoms with Gasteiger partial charge in [0.25, 0.3) is 0 Å². The van der Waals surface area contributed by atoms with Gasteiger partial charge in [0.15, 0.2) is 0 Å². The Kier molecular flexibility index (Phi) is 4.05. The van der Waals surface area contributed by atoms with Crippen molar-refractivity contribution in [2.45, 2.75) is 19.6 Å².